The van der Waals surface area contributed by atoms with Gasteiger partial charge in [-0.3, -0.25) is 9.78 Å². The Bertz CT molecular complexity index is 896. The third-order valence-electron chi connectivity index (χ3n) is 3.38. The number of nitrogen functional groups attached to an aromatic ring is 1. The monoisotopic (exact) mass is 301 g/mol. The van der Waals surface area contributed by atoms with Crippen LogP contribution in [0.1, 0.15) is 10.4 Å². The molecule has 6 heteroatoms. The van der Waals surface area contributed by atoms with Crippen molar-refractivity contribution in [3.63, 3.8) is 0 Å². The molecule has 0 amide bonds. The van der Waals surface area contributed by atoms with Gasteiger partial charge in [-0.15, -0.1) is 11.3 Å². The van der Waals surface area contributed by atoms with Gasteiger partial charge in [0.2, 0.25) is 5.95 Å². The number of methoxy groups -OCH3 is 1. The van der Waals surface area contributed by atoms with Gasteiger partial charge in [0.25, 0.3) is 5.56 Å². The Morgan fingerprint density at radius 3 is 2.81 bits per heavy atom. The molecule has 21 heavy (non-hydrogen) atoms. The highest BCUT2D eigenvalue weighted by atomic mass is 32.1. The zero-order chi connectivity index (χ0) is 15.1. The summed E-state index contributed by atoms with van der Waals surface area (Å²) >= 11 is 1.46. The number of anilines is 1. The minimum atomic E-state index is -0.222. The lowest BCUT2D eigenvalue weighted by Crippen LogP contribution is -2.10. The van der Waals surface area contributed by atoms with Gasteiger partial charge in [-0.1, -0.05) is 11.6 Å². The normalized spacial score (nSPS) is 11.0. The third kappa shape index (κ3) is 2.17. The number of nitrogens with two attached hydrogens (primary N) is 1. The predicted molar refractivity (Wildman–Crippen MR) is 86.1 cm³/mol. The first-order valence-corrected chi connectivity index (χ1v) is 7.27. The Kier molecular flexibility index (Phi) is 3.17. The van der Waals surface area contributed by atoms with Crippen LogP contribution in [0, 0.1) is 13.8 Å². The van der Waals surface area contributed by atoms with Gasteiger partial charge in [0.1, 0.15) is 10.6 Å². The smallest absolute Gasteiger partial charge is 0.261 e. The lowest BCUT2D eigenvalue weighted by Gasteiger charge is -2.10. The third-order valence-corrected chi connectivity index (χ3v) is 4.38. The lowest BCUT2D eigenvalue weighted by molar-refractivity contribution is 0.416. The highest BCUT2D eigenvalue weighted by Gasteiger charge is 2.19. The Balaban J connectivity index is 2.43. The van der Waals surface area contributed by atoms with Crippen molar-refractivity contribution < 1.29 is 4.74 Å². The van der Waals surface area contributed by atoms with Crippen LogP contribution in [0.15, 0.2) is 23.0 Å². The molecule has 3 N–H and O–H groups in total. The summed E-state index contributed by atoms with van der Waals surface area (Å²) in [6.45, 7) is 3.98. The molecule has 2 heterocycles. The molecule has 0 radical (unpaired) electrons. The topological polar surface area (TPSA) is 81.0 Å². The molecular weight excluding hydrogens is 286 g/mol. The van der Waals surface area contributed by atoms with Gasteiger partial charge in [0.15, 0.2) is 0 Å². The molecule has 0 atom stereocenters. The molecule has 3 rings (SSSR count). The van der Waals surface area contributed by atoms with E-state index in [0.717, 1.165) is 27.3 Å². The molecule has 0 unspecified atom stereocenters. The molecule has 5 nitrogen and oxygen atoms in total. The zero-order valence-corrected chi connectivity index (χ0v) is 12.8. The Hall–Kier alpha value is -2.34. The van der Waals surface area contributed by atoms with Crippen molar-refractivity contribution in [3.8, 4) is 16.9 Å². The Labute approximate surface area is 125 Å². The number of aryl methyl sites for hydroxylation is 2. The second-order valence-electron chi connectivity index (χ2n) is 4.87. The van der Waals surface area contributed by atoms with E-state index in [0.29, 0.717) is 10.2 Å². The van der Waals surface area contributed by atoms with Crippen molar-refractivity contribution in [2.75, 3.05) is 12.8 Å². The van der Waals surface area contributed by atoms with E-state index in [4.69, 9.17) is 10.5 Å². The SMILES string of the molecule is COc1ccc(C)cc1-c1c(C)sc2nc(N)[nH]c(=O)c12. The molecule has 0 bridgehead atoms. The maximum Gasteiger partial charge on any atom is 0.261 e. The number of hydrogen-bond acceptors (Lipinski definition) is 5. The van der Waals surface area contributed by atoms with Gasteiger partial charge >= 0.3 is 0 Å². The van der Waals surface area contributed by atoms with Gasteiger partial charge in [0.05, 0.1) is 12.5 Å². The Morgan fingerprint density at radius 2 is 2.10 bits per heavy atom. The number of rotatable bonds is 2. The zero-order valence-electron chi connectivity index (χ0n) is 12.0. The van der Waals surface area contributed by atoms with Crippen LogP contribution in [0.2, 0.25) is 0 Å². The van der Waals surface area contributed by atoms with Crippen LogP contribution in [0.3, 0.4) is 0 Å². The van der Waals surface area contributed by atoms with E-state index >= 15 is 0 Å². The second kappa shape index (κ2) is 4.89. The molecular formula is C15H15N3O2S. The number of thiophene rings is 1. The lowest BCUT2D eigenvalue weighted by atomic mass is 10.0. The fourth-order valence-corrected chi connectivity index (χ4v) is 3.52. The van der Waals surface area contributed by atoms with Gasteiger partial charge < -0.3 is 10.5 Å². The molecule has 2 aromatic heterocycles. The van der Waals surface area contributed by atoms with Crippen LogP contribution in [-0.2, 0) is 0 Å². The number of aromatic nitrogens is 2. The van der Waals surface area contributed by atoms with Crippen LogP contribution < -0.4 is 16.0 Å². The highest BCUT2D eigenvalue weighted by Crippen LogP contribution is 2.40. The van der Waals surface area contributed by atoms with E-state index in [-0.39, 0.29) is 11.5 Å². The number of H-pyrrole nitrogens is 1. The molecule has 108 valence electrons. The van der Waals surface area contributed by atoms with E-state index < -0.39 is 0 Å². The average Bonchev–Trinajstić information content (AvgIpc) is 2.74. The summed E-state index contributed by atoms with van der Waals surface area (Å²) in [7, 11) is 1.62. The molecule has 3 aromatic rings. The van der Waals surface area contributed by atoms with Gasteiger partial charge in [-0.05, 0) is 26.0 Å². The van der Waals surface area contributed by atoms with E-state index in [1.165, 1.54) is 11.3 Å². The van der Waals surface area contributed by atoms with Crippen LogP contribution in [0.5, 0.6) is 5.75 Å². The summed E-state index contributed by atoms with van der Waals surface area (Å²) < 4.78 is 5.44. The first-order chi connectivity index (χ1) is 10.0. The number of hydrogen-bond donors (Lipinski definition) is 2. The number of fused-ring (bicyclic) bond motifs is 1. The number of ether oxygens (including phenoxy) is 1. The van der Waals surface area contributed by atoms with Crippen LogP contribution in [0.4, 0.5) is 5.95 Å². The van der Waals surface area contributed by atoms with Crippen molar-refractivity contribution >= 4 is 27.5 Å². The van der Waals surface area contributed by atoms with Crippen molar-refractivity contribution in [3.05, 3.63) is 39.0 Å². The summed E-state index contributed by atoms with van der Waals surface area (Å²) in [6, 6.07) is 5.91. The fourth-order valence-electron chi connectivity index (χ4n) is 2.48. The number of benzene rings is 1. The van der Waals surface area contributed by atoms with Gasteiger partial charge in [-0.25, -0.2) is 4.98 Å². The summed E-state index contributed by atoms with van der Waals surface area (Å²) in [5.74, 6) is 0.871. The minimum absolute atomic E-state index is 0.136. The maximum absolute atomic E-state index is 12.3. The van der Waals surface area contributed by atoms with Gasteiger partial charge in [-0.2, -0.15) is 0 Å². The molecule has 0 fully saturated rings. The highest BCUT2D eigenvalue weighted by molar-refractivity contribution is 7.19. The van der Waals surface area contributed by atoms with Crippen molar-refractivity contribution in [2.24, 2.45) is 0 Å². The van der Waals surface area contributed by atoms with Crippen LogP contribution >= 0.6 is 11.3 Å². The summed E-state index contributed by atoms with van der Waals surface area (Å²) in [5.41, 5.74) is 8.26. The molecule has 0 saturated carbocycles. The van der Waals surface area contributed by atoms with Gasteiger partial charge in [0, 0.05) is 16.0 Å². The quantitative estimate of drug-likeness (QED) is 0.762. The molecule has 1 aromatic carbocycles. The van der Waals surface area contributed by atoms with E-state index in [9.17, 15) is 4.79 Å². The summed E-state index contributed by atoms with van der Waals surface area (Å²) in [6.07, 6.45) is 0. The largest absolute Gasteiger partial charge is 0.496 e. The van der Waals surface area contributed by atoms with E-state index in [1.54, 1.807) is 7.11 Å². The maximum atomic E-state index is 12.3. The summed E-state index contributed by atoms with van der Waals surface area (Å²) in [5, 5.41) is 0.565. The van der Waals surface area contributed by atoms with Crippen LogP contribution in [0.25, 0.3) is 21.3 Å². The van der Waals surface area contributed by atoms with Crippen molar-refractivity contribution in [1.82, 2.24) is 9.97 Å². The standard InChI is InChI=1S/C15H15N3O2S/c1-7-4-5-10(20-3)9(6-7)11-8(2)21-14-12(11)13(19)17-15(16)18-14/h4-6H,1-3H3,(H3,16,17,18,19). The minimum Gasteiger partial charge on any atom is -0.496 e. The first-order valence-electron chi connectivity index (χ1n) is 6.45. The summed E-state index contributed by atoms with van der Waals surface area (Å²) in [4.78, 5) is 20.7. The molecule has 0 saturated heterocycles. The first kappa shape index (κ1) is 13.6. The molecule has 0 aliphatic heterocycles. The number of nitrogens with zero attached hydrogens (tertiary/aromatic N) is 1. The Morgan fingerprint density at radius 1 is 1.33 bits per heavy atom. The van der Waals surface area contributed by atoms with E-state index in [2.05, 4.69) is 9.97 Å². The molecule has 0 aliphatic carbocycles. The predicted octanol–water partition coefficient (Wildman–Crippen LogP) is 2.86. The second-order valence-corrected chi connectivity index (χ2v) is 6.07. The van der Waals surface area contributed by atoms with Crippen molar-refractivity contribution in [2.45, 2.75) is 13.8 Å². The van der Waals surface area contributed by atoms with Crippen LogP contribution in [-0.4, -0.2) is 17.1 Å². The number of aromatic amines is 1. The van der Waals surface area contributed by atoms with Crippen molar-refractivity contribution in [1.29, 1.82) is 0 Å². The van der Waals surface area contributed by atoms with E-state index in [1.807, 2.05) is 32.0 Å². The number of nitrogens with one attached hydrogen (secondary N) is 1. The molecule has 0 spiro atoms. The molecule has 0 aliphatic rings. The average molecular weight is 301 g/mol. The fraction of sp³-hybridized carbons (Fsp3) is 0.200.